The predicted octanol–water partition coefficient (Wildman–Crippen LogP) is 4.97. The molecular weight excluding hydrogens is 460 g/mol. The summed E-state index contributed by atoms with van der Waals surface area (Å²) >= 11 is 0. The van der Waals surface area contributed by atoms with Crippen LogP contribution in [-0.2, 0) is 9.47 Å². The van der Waals surface area contributed by atoms with Crippen LogP contribution in [0.4, 0.5) is 9.59 Å². The van der Waals surface area contributed by atoms with Crippen LogP contribution in [0.1, 0.15) is 89.2 Å². The number of carbonyl (C=O) groups excluding carboxylic acids is 3. The smallest absolute Gasteiger partial charge is 0.407 e. The first-order chi connectivity index (χ1) is 16.8. The van der Waals surface area contributed by atoms with E-state index in [1.807, 2.05) is 12.1 Å². The van der Waals surface area contributed by atoms with Crippen LogP contribution in [0.15, 0.2) is 24.3 Å². The highest BCUT2D eigenvalue weighted by Crippen LogP contribution is 2.40. The molecule has 0 spiro atoms. The van der Waals surface area contributed by atoms with Gasteiger partial charge in [-0.05, 0) is 90.8 Å². The highest BCUT2D eigenvalue weighted by atomic mass is 16.6. The monoisotopic (exact) mass is 500 g/mol. The van der Waals surface area contributed by atoms with Gasteiger partial charge in [-0.25, -0.2) is 9.59 Å². The van der Waals surface area contributed by atoms with Gasteiger partial charge in [0.2, 0.25) is 0 Å². The second kappa shape index (κ2) is 11.2. The number of carbonyl (C=O) groups is 3. The molecule has 9 heteroatoms. The average molecular weight is 501 g/mol. The van der Waals surface area contributed by atoms with Gasteiger partial charge in [0.05, 0.1) is 0 Å². The Bertz CT molecular complexity index is 1080. The Balaban J connectivity index is 1.55. The third-order valence-corrected chi connectivity index (χ3v) is 5.57. The maximum absolute atomic E-state index is 12.9. The number of aromatic amines is 1. The molecule has 1 aromatic heterocycles. The Morgan fingerprint density at radius 3 is 2.28 bits per heavy atom. The fourth-order valence-corrected chi connectivity index (χ4v) is 3.80. The summed E-state index contributed by atoms with van der Waals surface area (Å²) in [6.45, 7) is 11.4. The van der Waals surface area contributed by atoms with Crippen molar-refractivity contribution in [1.29, 1.82) is 0 Å². The van der Waals surface area contributed by atoms with Crippen molar-refractivity contribution in [3.05, 3.63) is 35.5 Å². The van der Waals surface area contributed by atoms with E-state index in [1.54, 1.807) is 41.5 Å². The number of alkyl carbamates (subject to hydrolysis) is 2. The summed E-state index contributed by atoms with van der Waals surface area (Å²) in [6, 6.07) is 7.74. The molecule has 2 aromatic rings. The minimum Gasteiger partial charge on any atom is -0.444 e. The minimum atomic E-state index is -0.639. The van der Waals surface area contributed by atoms with Gasteiger partial charge < -0.3 is 30.4 Å². The van der Waals surface area contributed by atoms with Crippen LogP contribution in [-0.4, -0.2) is 53.4 Å². The topological polar surface area (TPSA) is 122 Å². The lowest BCUT2D eigenvalue weighted by atomic mass is 10.1. The van der Waals surface area contributed by atoms with Crippen molar-refractivity contribution < 1.29 is 23.9 Å². The number of nitrogens with one attached hydrogen (secondary N) is 4. The lowest BCUT2D eigenvalue weighted by Gasteiger charge is -2.24. The van der Waals surface area contributed by atoms with Gasteiger partial charge in [0.1, 0.15) is 16.9 Å². The number of hydrogen-bond acceptors (Lipinski definition) is 5. The van der Waals surface area contributed by atoms with Crippen molar-refractivity contribution >= 4 is 29.0 Å². The van der Waals surface area contributed by atoms with Gasteiger partial charge in [0.25, 0.3) is 5.91 Å². The summed E-state index contributed by atoms with van der Waals surface area (Å²) < 4.78 is 10.6. The quantitative estimate of drug-likeness (QED) is 0.362. The molecule has 1 fully saturated rings. The van der Waals surface area contributed by atoms with E-state index in [2.05, 4.69) is 33.1 Å². The van der Waals surface area contributed by atoms with Crippen LogP contribution < -0.4 is 16.0 Å². The average Bonchev–Trinajstić information content (AvgIpc) is 3.50. The van der Waals surface area contributed by atoms with Crippen molar-refractivity contribution in [1.82, 2.24) is 20.9 Å². The highest BCUT2D eigenvalue weighted by molar-refractivity contribution is 5.98. The molecule has 1 aromatic carbocycles. The molecule has 9 nitrogen and oxygen atoms in total. The molecule has 3 rings (SSSR count). The normalized spacial score (nSPS) is 14.7. The van der Waals surface area contributed by atoms with Crippen molar-refractivity contribution in [2.75, 3.05) is 13.1 Å². The van der Waals surface area contributed by atoms with Crippen molar-refractivity contribution in [3.63, 3.8) is 0 Å². The second-order valence-electron chi connectivity index (χ2n) is 11.4. The van der Waals surface area contributed by atoms with Crippen LogP contribution in [0.2, 0.25) is 0 Å². The van der Waals surface area contributed by atoms with E-state index in [4.69, 9.17) is 9.47 Å². The van der Waals surface area contributed by atoms with E-state index in [9.17, 15) is 14.4 Å². The summed E-state index contributed by atoms with van der Waals surface area (Å²) in [7, 11) is 0. The van der Waals surface area contributed by atoms with Gasteiger partial charge in [0, 0.05) is 30.0 Å². The van der Waals surface area contributed by atoms with Crippen molar-refractivity contribution in [2.24, 2.45) is 0 Å². The first-order valence-corrected chi connectivity index (χ1v) is 12.7. The number of H-pyrrole nitrogens is 1. The first kappa shape index (κ1) is 27.4. The Morgan fingerprint density at radius 1 is 0.972 bits per heavy atom. The molecule has 0 radical (unpaired) electrons. The molecule has 3 amide bonds. The van der Waals surface area contributed by atoms with E-state index < -0.39 is 23.4 Å². The summed E-state index contributed by atoms with van der Waals surface area (Å²) in [5, 5.41) is 9.43. The van der Waals surface area contributed by atoms with E-state index in [-0.39, 0.29) is 18.5 Å². The Morgan fingerprint density at radius 2 is 1.64 bits per heavy atom. The van der Waals surface area contributed by atoms with E-state index >= 15 is 0 Å². The summed E-state index contributed by atoms with van der Waals surface area (Å²) in [5.41, 5.74) is 1.51. The Kier molecular flexibility index (Phi) is 8.53. The molecule has 1 unspecified atom stereocenters. The van der Waals surface area contributed by atoms with Crippen molar-refractivity contribution in [3.8, 4) is 0 Å². The largest absolute Gasteiger partial charge is 0.444 e. The maximum Gasteiger partial charge on any atom is 0.407 e. The molecule has 1 heterocycles. The molecule has 0 aliphatic heterocycles. The van der Waals surface area contributed by atoms with Gasteiger partial charge in [-0.15, -0.1) is 0 Å². The minimum absolute atomic E-state index is 0.215. The fourth-order valence-electron chi connectivity index (χ4n) is 3.80. The molecule has 0 bridgehead atoms. The lowest BCUT2D eigenvalue weighted by molar-refractivity contribution is 0.0487. The van der Waals surface area contributed by atoms with E-state index in [0.29, 0.717) is 31.0 Å². The van der Waals surface area contributed by atoms with E-state index in [0.717, 1.165) is 10.9 Å². The molecule has 1 aliphatic carbocycles. The van der Waals surface area contributed by atoms with E-state index in [1.165, 1.54) is 18.4 Å². The van der Waals surface area contributed by atoms with Crippen LogP contribution in [0.25, 0.3) is 10.9 Å². The third-order valence-electron chi connectivity index (χ3n) is 5.57. The lowest BCUT2D eigenvalue weighted by Crippen LogP contribution is -2.46. The molecule has 1 saturated carbocycles. The number of benzene rings is 1. The molecular formula is C27H40N4O5. The zero-order valence-corrected chi connectivity index (χ0v) is 22.2. The van der Waals surface area contributed by atoms with Crippen LogP contribution >= 0.6 is 0 Å². The van der Waals surface area contributed by atoms with Crippen LogP contribution in [0.3, 0.4) is 0 Å². The van der Waals surface area contributed by atoms with Gasteiger partial charge in [-0.1, -0.05) is 12.1 Å². The van der Waals surface area contributed by atoms with Gasteiger partial charge >= 0.3 is 12.2 Å². The zero-order chi connectivity index (χ0) is 26.5. The first-order valence-electron chi connectivity index (χ1n) is 12.7. The molecule has 0 saturated heterocycles. The SMILES string of the molecule is CC(C)(C)OC(=O)NCCCC(CNC(=O)c1cc2ccc(C3CC3)cc2[nH]1)NC(=O)OC(C)(C)C. The highest BCUT2D eigenvalue weighted by Gasteiger charge is 2.24. The summed E-state index contributed by atoms with van der Waals surface area (Å²) in [4.78, 5) is 40.3. The molecule has 1 aliphatic rings. The molecule has 198 valence electrons. The number of rotatable bonds is 9. The molecule has 1 atom stereocenters. The number of fused-ring (bicyclic) bond motifs is 1. The third kappa shape index (κ3) is 9.09. The number of aromatic nitrogens is 1. The predicted molar refractivity (Wildman–Crippen MR) is 139 cm³/mol. The Hall–Kier alpha value is -3.23. The van der Waals surface area contributed by atoms with Gasteiger partial charge in [0.15, 0.2) is 0 Å². The van der Waals surface area contributed by atoms with Gasteiger partial charge in [-0.2, -0.15) is 0 Å². The summed E-state index contributed by atoms with van der Waals surface area (Å²) in [5.74, 6) is 0.390. The Labute approximate surface area is 213 Å². The number of ether oxygens (including phenoxy) is 2. The number of amides is 3. The van der Waals surface area contributed by atoms with Crippen molar-refractivity contribution in [2.45, 2.75) is 90.4 Å². The van der Waals surface area contributed by atoms with Gasteiger partial charge in [-0.3, -0.25) is 4.79 Å². The summed E-state index contributed by atoms with van der Waals surface area (Å²) in [6.07, 6.45) is 2.49. The number of hydrogen-bond donors (Lipinski definition) is 4. The second-order valence-corrected chi connectivity index (χ2v) is 11.4. The fraction of sp³-hybridized carbons (Fsp3) is 0.593. The molecule has 4 N–H and O–H groups in total. The maximum atomic E-state index is 12.9. The standard InChI is InChI=1S/C27H40N4O5/c1-26(2,3)35-24(33)28-13-7-8-20(30-25(34)36-27(4,5)6)16-29-23(32)22-15-19-12-11-18(17-9-10-17)14-21(19)31-22/h11-12,14-15,17,20,31H,7-10,13,16H2,1-6H3,(H,28,33)(H,29,32)(H,30,34). The van der Waals surface area contributed by atoms with Crippen LogP contribution in [0, 0.1) is 0 Å². The zero-order valence-electron chi connectivity index (χ0n) is 22.2. The van der Waals surface area contributed by atoms with Crippen LogP contribution in [0.5, 0.6) is 0 Å². The molecule has 36 heavy (non-hydrogen) atoms.